The molecule has 2 aromatic rings. The molecular formula is C21H32IN5O4. The first-order valence-corrected chi connectivity index (χ1v) is 10.0. The van der Waals surface area contributed by atoms with Crippen molar-refractivity contribution in [1.82, 2.24) is 20.3 Å². The Morgan fingerprint density at radius 2 is 1.81 bits per heavy atom. The summed E-state index contributed by atoms with van der Waals surface area (Å²) in [7, 11) is 6.70. The van der Waals surface area contributed by atoms with Crippen molar-refractivity contribution in [2.45, 2.75) is 13.0 Å². The van der Waals surface area contributed by atoms with Crippen molar-refractivity contribution in [3.8, 4) is 17.2 Å². The minimum atomic E-state index is 0. The number of halogens is 1. The Balaban J connectivity index is 0.00000341. The Bertz CT molecular complexity index is 823. The summed E-state index contributed by atoms with van der Waals surface area (Å²) in [6.45, 7) is 5.29. The van der Waals surface area contributed by atoms with Gasteiger partial charge in [0.15, 0.2) is 17.5 Å². The predicted molar refractivity (Wildman–Crippen MR) is 130 cm³/mol. The van der Waals surface area contributed by atoms with Crippen molar-refractivity contribution in [2.75, 3.05) is 61.1 Å². The van der Waals surface area contributed by atoms with Gasteiger partial charge in [0.05, 0.1) is 27.0 Å². The van der Waals surface area contributed by atoms with E-state index in [0.29, 0.717) is 17.2 Å². The maximum Gasteiger partial charge on any atom is 0.203 e. The third-order valence-electron chi connectivity index (χ3n) is 5.22. The van der Waals surface area contributed by atoms with Crippen LogP contribution in [0.1, 0.15) is 11.3 Å². The molecule has 172 valence electrons. The molecule has 0 saturated carbocycles. The highest BCUT2D eigenvalue weighted by molar-refractivity contribution is 14.0. The Hall–Kier alpha value is -2.21. The van der Waals surface area contributed by atoms with Gasteiger partial charge in [-0.1, -0.05) is 11.2 Å². The number of benzene rings is 1. The average Bonchev–Trinajstić information content (AvgIpc) is 3.29. The van der Waals surface area contributed by atoms with Crippen molar-refractivity contribution in [3.05, 3.63) is 35.7 Å². The Morgan fingerprint density at radius 3 is 2.39 bits per heavy atom. The van der Waals surface area contributed by atoms with Gasteiger partial charge in [-0.3, -0.25) is 9.89 Å². The molecule has 0 amide bonds. The molecule has 1 aliphatic rings. The minimum absolute atomic E-state index is 0. The molecule has 10 heteroatoms. The average molecular weight is 545 g/mol. The molecule has 3 rings (SSSR count). The monoisotopic (exact) mass is 545 g/mol. The number of aliphatic imine (C=N–C) groups is 1. The van der Waals surface area contributed by atoms with Gasteiger partial charge in [-0.05, 0) is 12.5 Å². The first-order chi connectivity index (χ1) is 14.7. The second-order valence-electron chi connectivity index (χ2n) is 6.97. The molecule has 1 aromatic carbocycles. The van der Waals surface area contributed by atoms with Crippen LogP contribution in [-0.2, 0) is 13.0 Å². The summed E-state index contributed by atoms with van der Waals surface area (Å²) in [5.74, 6) is 2.89. The molecule has 1 fully saturated rings. The summed E-state index contributed by atoms with van der Waals surface area (Å²) in [6, 6.07) is 5.82. The first kappa shape index (κ1) is 25.1. The number of methoxy groups -OCH3 is 3. The van der Waals surface area contributed by atoms with E-state index in [0.717, 1.165) is 62.9 Å². The topological polar surface area (TPSA) is 84.6 Å². The largest absolute Gasteiger partial charge is 0.493 e. The van der Waals surface area contributed by atoms with Gasteiger partial charge in [0, 0.05) is 57.9 Å². The molecule has 1 N–H and O–H groups in total. The summed E-state index contributed by atoms with van der Waals surface area (Å²) in [5.41, 5.74) is 2.02. The fourth-order valence-electron chi connectivity index (χ4n) is 3.67. The fraction of sp³-hybridized carbons (Fsp3) is 0.524. The zero-order chi connectivity index (χ0) is 21.3. The SMILES string of the molecule is CN=C(NCCc1ccc(OC)c(OC)c1OC)N1CCN(Cc2ccon2)CC1.I. The number of aromatic nitrogens is 1. The maximum absolute atomic E-state index is 5.57. The number of nitrogens with one attached hydrogen (secondary N) is 1. The van der Waals surface area contributed by atoms with Gasteiger partial charge in [0.1, 0.15) is 6.26 Å². The number of guanidine groups is 1. The van der Waals surface area contributed by atoms with Crippen molar-refractivity contribution in [1.29, 1.82) is 0 Å². The summed E-state index contributed by atoms with van der Waals surface area (Å²) >= 11 is 0. The lowest BCUT2D eigenvalue weighted by Gasteiger charge is -2.36. The summed E-state index contributed by atoms with van der Waals surface area (Å²) in [5, 5.41) is 7.46. The lowest BCUT2D eigenvalue weighted by atomic mass is 10.1. The normalized spacial score (nSPS) is 14.7. The van der Waals surface area contributed by atoms with Crippen LogP contribution in [0.2, 0.25) is 0 Å². The highest BCUT2D eigenvalue weighted by atomic mass is 127. The number of rotatable bonds is 8. The third kappa shape index (κ3) is 6.39. The number of hydrogen-bond donors (Lipinski definition) is 1. The van der Waals surface area contributed by atoms with Crippen LogP contribution in [0.25, 0.3) is 0 Å². The molecule has 0 bridgehead atoms. The van der Waals surface area contributed by atoms with Crippen LogP contribution in [0.3, 0.4) is 0 Å². The molecule has 0 spiro atoms. The lowest BCUT2D eigenvalue weighted by molar-refractivity contribution is 0.169. The van der Waals surface area contributed by atoms with Gasteiger partial charge in [-0.2, -0.15) is 0 Å². The molecule has 1 aliphatic heterocycles. The van der Waals surface area contributed by atoms with Gasteiger partial charge in [0.2, 0.25) is 5.75 Å². The molecule has 1 saturated heterocycles. The first-order valence-electron chi connectivity index (χ1n) is 10.0. The molecular weight excluding hydrogens is 513 g/mol. The van der Waals surface area contributed by atoms with E-state index < -0.39 is 0 Å². The van der Waals surface area contributed by atoms with E-state index >= 15 is 0 Å². The van der Waals surface area contributed by atoms with E-state index in [9.17, 15) is 0 Å². The van der Waals surface area contributed by atoms with Crippen LogP contribution in [0, 0.1) is 0 Å². The second-order valence-corrected chi connectivity index (χ2v) is 6.97. The molecule has 1 aromatic heterocycles. The summed E-state index contributed by atoms with van der Waals surface area (Å²) in [6.07, 6.45) is 2.39. The van der Waals surface area contributed by atoms with Crippen LogP contribution < -0.4 is 19.5 Å². The third-order valence-corrected chi connectivity index (χ3v) is 5.22. The lowest BCUT2D eigenvalue weighted by Crippen LogP contribution is -2.52. The minimum Gasteiger partial charge on any atom is -0.493 e. The van der Waals surface area contributed by atoms with E-state index in [2.05, 4.69) is 25.3 Å². The molecule has 31 heavy (non-hydrogen) atoms. The van der Waals surface area contributed by atoms with Gasteiger partial charge in [-0.15, -0.1) is 24.0 Å². The summed E-state index contributed by atoms with van der Waals surface area (Å²) < 4.78 is 21.3. The molecule has 0 aliphatic carbocycles. The predicted octanol–water partition coefficient (Wildman–Crippen LogP) is 2.25. The van der Waals surface area contributed by atoms with Crippen LogP contribution in [0.4, 0.5) is 0 Å². The summed E-state index contributed by atoms with van der Waals surface area (Å²) in [4.78, 5) is 9.11. The number of ether oxygens (including phenoxy) is 3. The van der Waals surface area contributed by atoms with Crippen LogP contribution in [0.5, 0.6) is 17.2 Å². The zero-order valence-corrected chi connectivity index (χ0v) is 20.9. The van der Waals surface area contributed by atoms with Crippen LogP contribution >= 0.6 is 24.0 Å². The molecule has 0 atom stereocenters. The maximum atomic E-state index is 5.57. The Kier molecular flexibility index (Phi) is 10.2. The fourth-order valence-corrected chi connectivity index (χ4v) is 3.67. The Labute approximate surface area is 200 Å². The van der Waals surface area contributed by atoms with Crippen molar-refractivity contribution < 1.29 is 18.7 Å². The van der Waals surface area contributed by atoms with E-state index in [1.165, 1.54) is 0 Å². The van der Waals surface area contributed by atoms with E-state index in [-0.39, 0.29) is 24.0 Å². The van der Waals surface area contributed by atoms with Crippen LogP contribution in [0.15, 0.2) is 34.0 Å². The molecule has 0 unspecified atom stereocenters. The van der Waals surface area contributed by atoms with Crippen LogP contribution in [-0.4, -0.2) is 82.0 Å². The van der Waals surface area contributed by atoms with E-state index in [1.807, 2.05) is 25.2 Å². The van der Waals surface area contributed by atoms with Gasteiger partial charge >= 0.3 is 0 Å². The highest BCUT2D eigenvalue weighted by Gasteiger charge is 2.21. The van der Waals surface area contributed by atoms with Gasteiger partial charge in [0.25, 0.3) is 0 Å². The smallest absolute Gasteiger partial charge is 0.203 e. The van der Waals surface area contributed by atoms with Crippen molar-refractivity contribution >= 4 is 29.9 Å². The van der Waals surface area contributed by atoms with E-state index in [1.54, 1.807) is 27.6 Å². The molecule has 0 radical (unpaired) electrons. The second kappa shape index (κ2) is 12.6. The molecule has 9 nitrogen and oxygen atoms in total. The van der Waals surface area contributed by atoms with Crippen molar-refractivity contribution in [3.63, 3.8) is 0 Å². The standard InChI is InChI=1S/C21H31N5O4.HI/c1-22-21(26-12-10-25(11-13-26)15-17-8-14-30-24-17)23-9-7-16-5-6-18(27-2)20(29-4)19(16)28-3;/h5-6,8,14H,7,9-13,15H2,1-4H3,(H,22,23);1H. The highest BCUT2D eigenvalue weighted by Crippen LogP contribution is 2.39. The van der Waals surface area contributed by atoms with E-state index in [4.69, 9.17) is 18.7 Å². The quantitative estimate of drug-likeness (QED) is 0.308. The number of piperazine rings is 1. The molecule has 2 heterocycles. The number of hydrogen-bond acceptors (Lipinski definition) is 7. The number of nitrogens with zero attached hydrogens (tertiary/aromatic N) is 4. The van der Waals surface area contributed by atoms with Gasteiger partial charge < -0.3 is 29.0 Å². The van der Waals surface area contributed by atoms with Gasteiger partial charge in [-0.25, -0.2) is 0 Å². The zero-order valence-electron chi connectivity index (χ0n) is 18.6. The van der Waals surface area contributed by atoms with Crippen molar-refractivity contribution in [2.24, 2.45) is 4.99 Å². The Morgan fingerprint density at radius 1 is 1.06 bits per heavy atom.